The highest BCUT2D eigenvalue weighted by atomic mass is 79.9. The molecule has 31 heavy (non-hydrogen) atoms. The van der Waals surface area contributed by atoms with Gasteiger partial charge in [0.1, 0.15) is 5.82 Å². The van der Waals surface area contributed by atoms with Gasteiger partial charge in [-0.1, -0.05) is 58.4 Å². The molecule has 0 spiro atoms. The summed E-state index contributed by atoms with van der Waals surface area (Å²) in [5.41, 5.74) is 1.05. The van der Waals surface area contributed by atoms with Gasteiger partial charge >= 0.3 is 0 Å². The predicted octanol–water partition coefficient (Wildman–Crippen LogP) is 5.71. The third-order valence-corrected chi connectivity index (χ3v) is 6.87. The van der Waals surface area contributed by atoms with Crippen LogP contribution in [-0.2, 0) is 16.4 Å². The van der Waals surface area contributed by atoms with Crippen LogP contribution in [0.25, 0.3) is 11.5 Å². The van der Waals surface area contributed by atoms with Gasteiger partial charge in [0.2, 0.25) is 26.6 Å². The maximum Gasteiger partial charge on any atom is 0.236 e. The third-order valence-electron chi connectivity index (χ3n) is 4.67. The van der Waals surface area contributed by atoms with Gasteiger partial charge in [0.25, 0.3) is 0 Å². The van der Waals surface area contributed by atoms with Gasteiger partial charge in [-0.2, -0.15) is 4.98 Å². The van der Waals surface area contributed by atoms with E-state index in [1.54, 1.807) is 36.2 Å². The van der Waals surface area contributed by atoms with E-state index in [9.17, 15) is 12.8 Å². The zero-order chi connectivity index (χ0) is 22.0. The summed E-state index contributed by atoms with van der Waals surface area (Å²) in [5, 5.41) is -0.258. The van der Waals surface area contributed by atoms with Crippen LogP contribution in [0.2, 0.25) is 0 Å². The van der Waals surface area contributed by atoms with Crippen molar-refractivity contribution < 1.29 is 17.2 Å². The van der Waals surface area contributed by atoms with E-state index in [-0.39, 0.29) is 27.3 Å². The molecule has 0 fully saturated rings. The Balaban J connectivity index is 1.84. The van der Waals surface area contributed by atoms with Gasteiger partial charge in [-0.3, -0.25) is 0 Å². The number of rotatable bonds is 6. The third kappa shape index (κ3) is 4.40. The van der Waals surface area contributed by atoms with Crippen molar-refractivity contribution in [2.75, 3.05) is 11.9 Å². The molecule has 0 aliphatic rings. The molecule has 4 aromatic rings. The van der Waals surface area contributed by atoms with Crippen molar-refractivity contribution in [3.8, 4) is 11.5 Å². The van der Waals surface area contributed by atoms with Crippen LogP contribution in [0, 0.1) is 5.82 Å². The number of hydrogen-bond acceptors (Lipinski definition) is 5. The monoisotopic (exact) mass is 500 g/mol. The fourth-order valence-corrected chi connectivity index (χ4v) is 4.73. The van der Waals surface area contributed by atoms with Crippen LogP contribution in [-0.4, -0.2) is 20.4 Å². The summed E-state index contributed by atoms with van der Waals surface area (Å²) in [6, 6.07) is 21.7. The van der Waals surface area contributed by atoms with Crippen LogP contribution in [0.15, 0.2) is 97.7 Å². The van der Waals surface area contributed by atoms with Crippen LogP contribution < -0.4 is 4.90 Å². The number of sulfone groups is 1. The van der Waals surface area contributed by atoms with Gasteiger partial charge in [0.15, 0.2) is 0 Å². The van der Waals surface area contributed by atoms with E-state index in [1.807, 2.05) is 30.3 Å². The summed E-state index contributed by atoms with van der Waals surface area (Å²) in [6.07, 6.45) is 0. The maximum absolute atomic E-state index is 14.4. The maximum atomic E-state index is 14.4. The molecule has 0 bridgehead atoms. The summed E-state index contributed by atoms with van der Waals surface area (Å²) in [7, 11) is -2.31. The number of oxazole rings is 1. The van der Waals surface area contributed by atoms with Crippen LogP contribution in [0.5, 0.6) is 0 Å². The van der Waals surface area contributed by atoms with Crippen molar-refractivity contribution in [2.45, 2.75) is 16.5 Å². The lowest BCUT2D eigenvalue weighted by atomic mass is 10.2. The Kier molecular flexibility index (Phi) is 5.93. The molecule has 1 aromatic heterocycles. The molecular weight excluding hydrogens is 483 g/mol. The normalized spacial score (nSPS) is 11.5. The second-order valence-corrected chi connectivity index (χ2v) is 9.69. The minimum absolute atomic E-state index is 0.0463. The van der Waals surface area contributed by atoms with E-state index in [1.165, 1.54) is 24.3 Å². The summed E-state index contributed by atoms with van der Waals surface area (Å²) in [6.45, 7) is 0.385. The standard InChI is InChI=1S/C23H18BrFN2O3S/c1-27(15-16-7-3-2-4-8-16)23-22(31(28,29)18-13-11-17(24)12-14-18)26-21(30-23)19-9-5-6-10-20(19)25/h2-14H,15H2,1H3. The Morgan fingerprint density at radius 1 is 0.968 bits per heavy atom. The van der Waals surface area contributed by atoms with E-state index >= 15 is 0 Å². The molecule has 0 amide bonds. The summed E-state index contributed by atoms with van der Waals surface area (Å²) in [4.78, 5) is 5.95. The van der Waals surface area contributed by atoms with Crippen LogP contribution in [0.1, 0.15) is 5.56 Å². The van der Waals surface area contributed by atoms with Crippen molar-refractivity contribution in [1.29, 1.82) is 0 Å². The average Bonchev–Trinajstić information content (AvgIpc) is 3.21. The van der Waals surface area contributed by atoms with Crippen molar-refractivity contribution in [1.82, 2.24) is 4.98 Å². The molecule has 158 valence electrons. The summed E-state index contributed by atoms with van der Waals surface area (Å²) < 4.78 is 47.7. The molecule has 0 radical (unpaired) electrons. The van der Waals surface area contributed by atoms with Crippen molar-refractivity contribution in [3.63, 3.8) is 0 Å². The highest BCUT2D eigenvalue weighted by Crippen LogP contribution is 2.35. The molecule has 1 heterocycles. The summed E-state index contributed by atoms with van der Waals surface area (Å²) in [5.74, 6) is -0.595. The lowest BCUT2D eigenvalue weighted by Gasteiger charge is -2.17. The molecule has 0 aliphatic carbocycles. The Labute approximate surface area is 188 Å². The SMILES string of the molecule is CN(Cc1ccccc1)c1oc(-c2ccccc2F)nc1S(=O)(=O)c1ccc(Br)cc1. The van der Waals surface area contributed by atoms with Gasteiger partial charge in [0, 0.05) is 18.1 Å². The fourth-order valence-electron chi connectivity index (χ4n) is 3.12. The smallest absolute Gasteiger partial charge is 0.236 e. The Bertz CT molecular complexity index is 1310. The first-order valence-corrected chi connectivity index (χ1v) is 11.7. The molecule has 0 saturated heterocycles. The van der Waals surface area contributed by atoms with Crippen LogP contribution in [0.4, 0.5) is 10.3 Å². The number of anilines is 1. The Hall–Kier alpha value is -2.97. The minimum atomic E-state index is -4.01. The molecule has 0 atom stereocenters. The second kappa shape index (κ2) is 8.64. The molecule has 0 unspecified atom stereocenters. The second-order valence-electron chi connectivity index (χ2n) is 6.91. The molecule has 4 rings (SSSR count). The van der Waals surface area contributed by atoms with Gasteiger partial charge < -0.3 is 9.32 Å². The van der Waals surface area contributed by atoms with E-state index in [0.717, 1.165) is 10.0 Å². The van der Waals surface area contributed by atoms with E-state index in [2.05, 4.69) is 20.9 Å². The Morgan fingerprint density at radius 3 is 2.29 bits per heavy atom. The topological polar surface area (TPSA) is 63.4 Å². The number of hydrogen-bond donors (Lipinski definition) is 0. The first-order valence-electron chi connectivity index (χ1n) is 9.38. The van der Waals surface area contributed by atoms with E-state index < -0.39 is 15.7 Å². The average molecular weight is 501 g/mol. The number of nitrogens with zero attached hydrogens (tertiary/aromatic N) is 2. The lowest BCUT2D eigenvalue weighted by Crippen LogP contribution is -2.18. The first kappa shape index (κ1) is 21.3. The van der Waals surface area contributed by atoms with Gasteiger partial charge in [0.05, 0.1) is 10.5 Å². The molecular formula is C23H18BrFN2O3S. The fraction of sp³-hybridized carbons (Fsp3) is 0.0870. The quantitative estimate of drug-likeness (QED) is 0.339. The summed E-state index contributed by atoms with van der Waals surface area (Å²) >= 11 is 3.31. The van der Waals surface area contributed by atoms with Gasteiger partial charge in [-0.25, -0.2) is 12.8 Å². The van der Waals surface area contributed by atoms with E-state index in [4.69, 9.17) is 4.42 Å². The number of halogens is 2. The predicted molar refractivity (Wildman–Crippen MR) is 120 cm³/mol. The molecule has 0 N–H and O–H groups in total. The zero-order valence-electron chi connectivity index (χ0n) is 16.5. The minimum Gasteiger partial charge on any atom is -0.419 e. The zero-order valence-corrected chi connectivity index (χ0v) is 18.9. The van der Waals surface area contributed by atoms with E-state index in [0.29, 0.717) is 6.54 Å². The van der Waals surface area contributed by atoms with Crippen LogP contribution >= 0.6 is 15.9 Å². The molecule has 3 aromatic carbocycles. The van der Waals surface area contributed by atoms with Crippen molar-refractivity contribution in [3.05, 3.63) is 94.7 Å². The largest absolute Gasteiger partial charge is 0.419 e. The van der Waals surface area contributed by atoms with Gasteiger partial charge in [-0.15, -0.1) is 0 Å². The number of aromatic nitrogens is 1. The van der Waals surface area contributed by atoms with Crippen molar-refractivity contribution in [2.24, 2.45) is 0 Å². The first-order chi connectivity index (χ1) is 14.9. The molecule has 5 nitrogen and oxygen atoms in total. The highest BCUT2D eigenvalue weighted by Gasteiger charge is 2.31. The molecule has 0 aliphatic heterocycles. The van der Waals surface area contributed by atoms with Crippen molar-refractivity contribution >= 4 is 31.7 Å². The number of benzene rings is 3. The lowest BCUT2D eigenvalue weighted by molar-refractivity contribution is 0.546. The Morgan fingerprint density at radius 2 is 1.61 bits per heavy atom. The molecule has 0 saturated carbocycles. The van der Waals surface area contributed by atoms with Gasteiger partial charge in [-0.05, 0) is 42.0 Å². The highest BCUT2D eigenvalue weighted by molar-refractivity contribution is 9.10. The van der Waals surface area contributed by atoms with Crippen LogP contribution in [0.3, 0.4) is 0 Å². The molecule has 8 heteroatoms.